The van der Waals surface area contributed by atoms with Gasteiger partial charge in [-0.3, -0.25) is 24.6 Å². The second kappa shape index (κ2) is 17.9. The van der Waals surface area contributed by atoms with Gasteiger partial charge in [-0.05, 0) is 92.8 Å². The van der Waals surface area contributed by atoms with Crippen molar-refractivity contribution >= 4 is 56.1 Å². The molecule has 0 bridgehead atoms. The molecule has 2 saturated heterocycles. The monoisotopic (exact) mass is 800 g/mol. The number of benzene rings is 3. The van der Waals surface area contributed by atoms with Crippen molar-refractivity contribution < 1.29 is 29.0 Å². The zero-order valence-corrected chi connectivity index (χ0v) is 32.1. The van der Waals surface area contributed by atoms with Crippen LogP contribution >= 0.6 is 28.3 Å². The number of imide groups is 1. The Balaban J connectivity index is 0.000000626. The molecule has 0 saturated carbocycles. The van der Waals surface area contributed by atoms with E-state index in [2.05, 4.69) is 21.2 Å². The molecule has 4 aromatic rings. The second-order valence-electron chi connectivity index (χ2n) is 13.4. The van der Waals surface area contributed by atoms with E-state index in [9.17, 15) is 19.5 Å². The van der Waals surface area contributed by atoms with Crippen molar-refractivity contribution in [2.75, 3.05) is 45.9 Å². The minimum Gasteiger partial charge on any atom is -0.508 e. The largest absolute Gasteiger partial charge is 0.508 e. The molecule has 1 unspecified atom stereocenters. The Labute approximate surface area is 324 Å². The van der Waals surface area contributed by atoms with E-state index in [0.717, 1.165) is 90.5 Å². The van der Waals surface area contributed by atoms with E-state index in [1.807, 2.05) is 72.1 Å². The fourth-order valence-corrected chi connectivity index (χ4v) is 8.04. The first-order valence-corrected chi connectivity index (χ1v) is 18.9. The zero-order valence-electron chi connectivity index (χ0n) is 29.6. The Hall–Kier alpha value is -4.65. The van der Waals surface area contributed by atoms with Crippen LogP contribution in [0, 0.1) is 0 Å². The summed E-state index contributed by atoms with van der Waals surface area (Å²) in [6.07, 6.45) is 6.44. The number of halogens is 1. The molecule has 53 heavy (non-hydrogen) atoms. The minimum absolute atomic E-state index is 0. The number of piperazine rings is 1. The van der Waals surface area contributed by atoms with Crippen LogP contribution in [0.2, 0.25) is 0 Å². The summed E-state index contributed by atoms with van der Waals surface area (Å²) < 4.78 is 13.0. The lowest BCUT2D eigenvalue weighted by molar-refractivity contribution is -0.142. The first kappa shape index (κ1) is 38.1. The third-order valence-corrected chi connectivity index (χ3v) is 10.9. The SMILES string of the molecule is Br.O=C1CCC(N2CC3=C(CCC(N4CCN(CCCCOc5ccc(Oc6csc7cc(O)ccc67)cc5)CC4)=C3)C2=O)C(=O)N1.c1ccccc1. The number of hydrogen-bond donors (Lipinski definition) is 2. The summed E-state index contributed by atoms with van der Waals surface area (Å²) in [5.41, 5.74) is 3.14. The third kappa shape index (κ3) is 9.48. The van der Waals surface area contributed by atoms with Crippen LogP contribution < -0.4 is 14.8 Å². The number of phenolic OH excluding ortho intramolecular Hbond substituents is 1. The van der Waals surface area contributed by atoms with Crippen LogP contribution in [0.5, 0.6) is 23.0 Å². The number of amides is 3. The molecule has 1 aliphatic carbocycles. The topological polar surface area (TPSA) is 112 Å². The lowest BCUT2D eigenvalue weighted by Crippen LogP contribution is -2.53. The number of carbonyl (C=O) groups is 3. The van der Waals surface area contributed by atoms with Crippen molar-refractivity contribution in [3.8, 4) is 23.0 Å². The van der Waals surface area contributed by atoms with Gasteiger partial charge in [-0.15, -0.1) is 28.3 Å². The Morgan fingerprint density at radius 2 is 1.57 bits per heavy atom. The molecular formula is C41H45BrN4O6S. The van der Waals surface area contributed by atoms with Gasteiger partial charge < -0.3 is 24.4 Å². The summed E-state index contributed by atoms with van der Waals surface area (Å²) in [7, 11) is 0. The maximum absolute atomic E-state index is 13.1. The number of carbonyl (C=O) groups excluding carboxylic acids is 3. The van der Waals surface area contributed by atoms with Crippen molar-refractivity contribution in [2.24, 2.45) is 0 Å². The number of thiophene rings is 1. The predicted molar refractivity (Wildman–Crippen MR) is 212 cm³/mol. The fraction of sp³-hybridized carbons (Fsp3) is 0.341. The van der Waals surface area contributed by atoms with Crippen LogP contribution in [0.4, 0.5) is 0 Å². The quantitative estimate of drug-likeness (QED) is 0.130. The Morgan fingerprint density at radius 1 is 0.849 bits per heavy atom. The van der Waals surface area contributed by atoms with Crippen molar-refractivity contribution in [3.05, 3.63) is 107 Å². The first-order valence-electron chi connectivity index (χ1n) is 18.1. The molecule has 12 heteroatoms. The average Bonchev–Trinajstić information content (AvgIpc) is 3.72. The highest BCUT2D eigenvalue weighted by atomic mass is 79.9. The normalized spacial score (nSPS) is 18.8. The van der Waals surface area contributed by atoms with E-state index in [4.69, 9.17) is 9.47 Å². The summed E-state index contributed by atoms with van der Waals surface area (Å²) in [6, 6.07) is 24.4. The number of phenols is 1. The van der Waals surface area contributed by atoms with Crippen LogP contribution in [0.3, 0.4) is 0 Å². The zero-order chi connectivity index (χ0) is 35.9. The van der Waals surface area contributed by atoms with E-state index >= 15 is 0 Å². The Kier molecular flexibility index (Phi) is 12.9. The lowest BCUT2D eigenvalue weighted by Gasteiger charge is -2.38. The molecule has 2 N–H and O–H groups in total. The van der Waals surface area contributed by atoms with Gasteiger partial charge in [0.05, 0.1) is 6.61 Å². The summed E-state index contributed by atoms with van der Waals surface area (Å²) in [5, 5.41) is 15.0. The van der Waals surface area contributed by atoms with Gasteiger partial charge in [0, 0.05) is 65.9 Å². The van der Waals surface area contributed by atoms with Gasteiger partial charge in [0.15, 0.2) is 0 Å². The number of unbranched alkanes of at least 4 members (excludes halogenated alkanes) is 1. The molecule has 278 valence electrons. The Morgan fingerprint density at radius 3 is 2.28 bits per heavy atom. The summed E-state index contributed by atoms with van der Waals surface area (Å²) >= 11 is 1.54. The first-order chi connectivity index (χ1) is 25.4. The molecular weight excluding hydrogens is 756 g/mol. The molecule has 1 atom stereocenters. The van der Waals surface area contributed by atoms with Crippen LogP contribution in [0.15, 0.2) is 107 Å². The standard InChI is InChI=1S/C35H38N4O6S.C6H6.BrH/c40-25-4-10-29-31(22-46-32(29)20-25)45-27-7-5-26(6-8-27)44-18-2-1-13-37-14-16-38(17-15-37)24-3-9-28-23(19-24)21-39(35(28)43)30-11-12-33(41)36-34(30)42;1-2-4-6-5-3-1;/h4-8,10,19-20,22,30,40H,1-3,9,11-18,21H2,(H,36,41,42);1-6H;1H. The molecule has 4 heterocycles. The van der Waals surface area contributed by atoms with Crippen LogP contribution in [0.25, 0.3) is 10.1 Å². The molecule has 3 amide bonds. The van der Waals surface area contributed by atoms with Gasteiger partial charge >= 0.3 is 0 Å². The predicted octanol–water partition coefficient (Wildman–Crippen LogP) is 7.06. The molecule has 8 rings (SSSR count). The number of fused-ring (bicyclic) bond motifs is 1. The van der Waals surface area contributed by atoms with E-state index in [1.54, 1.807) is 28.4 Å². The number of aromatic hydroxyl groups is 1. The van der Waals surface area contributed by atoms with Gasteiger partial charge in [0.1, 0.15) is 29.0 Å². The van der Waals surface area contributed by atoms with Crippen LogP contribution in [-0.2, 0) is 14.4 Å². The van der Waals surface area contributed by atoms with Crippen LogP contribution in [-0.4, -0.2) is 89.4 Å². The third-order valence-electron chi connectivity index (χ3n) is 9.96. The number of nitrogens with zero attached hydrogens (tertiary/aromatic N) is 3. The molecule has 3 aromatic carbocycles. The highest BCUT2D eigenvalue weighted by molar-refractivity contribution is 8.93. The van der Waals surface area contributed by atoms with Gasteiger partial charge in [-0.25, -0.2) is 0 Å². The molecule has 4 aliphatic rings. The highest BCUT2D eigenvalue weighted by Crippen LogP contribution is 2.37. The van der Waals surface area contributed by atoms with Gasteiger partial charge in [0.25, 0.3) is 5.91 Å². The average molecular weight is 802 g/mol. The molecule has 0 radical (unpaired) electrons. The minimum atomic E-state index is -0.558. The number of nitrogens with one attached hydrogen (secondary N) is 1. The summed E-state index contributed by atoms with van der Waals surface area (Å²) in [6.45, 7) is 6.10. The van der Waals surface area contributed by atoms with Crippen LogP contribution in [0.1, 0.15) is 38.5 Å². The molecule has 2 fully saturated rings. The van der Waals surface area contributed by atoms with Gasteiger partial charge in [-0.1, -0.05) is 36.4 Å². The smallest absolute Gasteiger partial charge is 0.251 e. The molecule has 1 aromatic heterocycles. The number of piperidine rings is 1. The maximum Gasteiger partial charge on any atom is 0.251 e. The summed E-state index contributed by atoms with van der Waals surface area (Å²) in [4.78, 5) is 43.6. The van der Waals surface area contributed by atoms with Gasteiger partial charge in [-0.2, -0.15) is 0 Å². The lowest BCUT2D eigenvalue weighted by atomic mass is 9.96. The number of ether oxygens (including phenoxy) is 2. The molecule has 10 nitrogen and oxygen atoms in total. The molecule has 3 aliphatic heterocycles. The maximum atomic E-state index is 13.1. The Bertz CT molecular complexity index is 1930. The van der Waals surface area contributed by atoms with Crippen molar-refractivity contribution in [2.45, 2.75) is 44.6 Å². The summed E-state index contributed by atoms with van der Waals surface area (Å²) in [5.74, 6) is 1.93. The second-order valence-corrected chi connectivity index (χ2v) is 14.3. The van der Waals surface area contributed by atoms with Crippen molar-refractivity contribution in [3.63, 3.8) is 0 Å². The number of hydrogen-bond acceptors (Lipinski definition) is 9. The van der Waals surface area contributed by atoms with E-state index in [0.29, 0.717) is 26.0 Å². The highest BCUT2D eigenvalue weighted by Gasteiger charge is 2.41. The van der Waals surface area contributed by atoms with Crippen molar-refractivity contribution in [1.82, 2.24) is 20.0 Å². The number of allylic oxidation sites excluding steroid dienone is 1. The van der Waals surface area contributed by atoms with Gasteiger partial charge in [0.2, 0.25) is 11.8 Å². The van der Waals surface area contributed by atoms with E-state index in [-0.39, 0.29) is 46.9 Å². The fourth-order valence-electron chi connectivity index (χ4n) is 7.14. The van der Waals surface area contributed by atoms with Crippen molar-refractivity contribution in [1.29, 1.82) is 0 Å². The van der Waals surface area contributed by atoms with E-state index in [1.165, 1.54) is 5.70 Å². The number of rotatable bonds is 10. The molecule has 0 spiro atoms. The van der Waals surface area contributed by atoms with E-state index < -0.39 is 6.04 Å².